The van der Waals surface area contributed by atoms with Crippen molar-refractivity contribution >= 4 is 0 Å². The summed E-state index contributed by atoms with van der Waals surface area (Å²) in [6.07, 6.45) is 0. The molecular weight excluding hydrogens is 222 g/mol. The minimum Gasteiger partial charge on any atom is -0.313 e. The molecule has 96 valence electrons. The molecule has 2 aromatic rings. The van der Waals surface area contributed by atoms with Crippen LogP contribution in [0.25, 0.3) is 5.69 Å². The molecule has 1 N–H and O–H groups in total. The fourth-order valence-electron chi connectivity index (χ4n) is 2.08. The molecule has 0 spiro atoms. The topological polar surface area (TPSA) is 29.9 Å². The molecule has 3 nitrogen and oxygen atoms in total. The van der Waals surface area contributed by atoms with E-state index in [2.05, 4.69) is 67.1 Å². The second-order valence-electron chi connectivity index (χ2n) is 4.62. The third-order valence-corrected chi connectivity index (χ3v) is 3.44. The van der Waals surface area contributed by atoms with Crippen LogP contribution in [0.4, 0.5) is 0 Å². The molecule has 0 aliphatic carbocycles. The highest BCUT2D eigenvalue weighted by Gasteiger charge is 2.11. The van der Waals surface area contributed by atoms with Crippen LogP contribution in [0, 0.1) is 20.8 Å². The molecule has 1 aromatic heterocycles. The van der Waals surface area contributed by atoms with Gasteiger partial charge >= 0.3 is 0 Å². The van der Waals surface area contributed by atoms with Crippen LogP contribution in [0.3, 0.4) is 0 Å². The minimum atomic E-state index is 0.879. The standard InChI is InChI=1S/C15H21N3/c1-5-16-10-14-8-6-7-9-15(14)18-13(4)11(2)12(3)17-18/h6-9,16H,5,10H2,1-4H3. The molecule has 0 fully saturated rings. The quantitative estimate of drug-likeness (QED) is 0.895. The number of nitrogens with zero attached hydrogens (tertiary/aromatic N) is 2. The Bertz CT molecular complexity index is 541. The molecule has 0 amide bonds. The Balaban J connectivity index is 2.46. The summed E-state index contributed by atoms with van der Waals surface area (Å²) in [6.45, 7) is 10.3. The van der Waals surface area contributed by atoms with Crippen LogP contribution in [-0.2, 0) is 6.54 Å². The van der Waals surface area contributed by atoms with Crippen molar-refractivity contribution in [3.05, 3.63) is 46.8 Å². The van der Waals surface area contributed by atoms with Crippen LogP contribution < -0.4 is 5.32 Å². The van der Waals surface area contributed by atoms with E-state index >= 15 is 0 Å². The zero-order valence-electron chi connectivity index (χ0n) is 11.6. The molecule has 3 heteroatoms. The summed E-state index contributed by atoms with van der Waals surface area (Å²) in [5.41, 5.74) is 6.05. The highest BCUT2D eigenvalue weighted by Crippen LogP contribution is 2.19. The fourth-order valence-corrected chi connectivity index (χ4v) is 2.08. The van der Waals surface area contributed by atoms with Crippen molar-refractivity contribution in [3.8, 4) is 5.69 Å². The predicted molar refractivity (Wildman–Crippen MR) is 75.2 cm³/mol. The Morgan fingerprint density at radius 1 is 1.17 bits per heavy atom. The summed E-state index contributed by atoms with van der Waals surface area (Å²) in [6, 6.07) is 8.43. The van der Waals surface area contributed by atoms with Gasteiger partial charge in [0.05, 0.1) is 11.4 Å². The highest BCUT2D eigenvalue weighted by molar-refractivity contribution is 5.43. The van der Waals surface area contributed by atoms with Crippen LogP contribution in [0.15, 0.2) is 24.3 Å². The third kappa shape index (κ3) is 2.31. The molecule has 18 heavy (non-hydrogen) atoms. The third-order valence-electron chi connectivity index (χ3n) is 3.44. The maximum Gasteiger partial charge on any atom is 0.0693 e. The first-order chi connectivity index (χ1) is 8.65. The highest BCUT2D eigenvalue weighted by atomic mass is 15.3. The van der Waals surface area contributed by atoms with Gasteiger partial charge in [-0.05, 0) is 44.5 Å². The molecule has 0 atom stereocenters. The zero-order chi connectivity index (χ0) is 13.1. The van der Waals surface area contributed by atoms with Gasteiger partial charge in [0.1, 0.15) is 0 Å². The average molecular weight is 243 g/mol. The molecule has 0 bridgehead atoms. The Labute approximate surface area is 109 Å². The SMILES string of the molecule is CCNCc1ccccc1-n1nc(C)c(C)c1C. The number of benzene rings is 1. The van der Waals surface area contributed by atoms with E-state index in [-0.39, 0.29) is 0 Å². The lowest BCUT2D eigenvalue weighted by Crippen LogP contribution is -2.14. The molecule has 2 rings (SSSR count). The van der Waals surface area contributed by atoms with Crippen molar-refractivity contribution in [3.63, 3.8) is 0 Å². The lowest BCUT2D eigenvalue weighted by Gasteiger charge is -2.11. The summed E-state index contributed by atoms with van der Waals surface area (Å²) in [5, 5.41) is 8.01. The van der Waals surface area contributed by atoms with Crippen molar-refractivity contribution in [2.24, 2.45) is 0 Å². The van der Waals surface area contributed by atoms with E-state index < -0.39 is 0 Å². The van der Waals surface area contributed by atoms with Crippen molar-refractivity contribution in [2.75, 3.05) is 6.54 Å². The molecule has 0 radical (unpaired) electrons. The zero-order valence-corrected chi connectivity index (χ0v) is 11.6. The van der Waals surface area contributed by atoms with Gasteiger partial charge in [-0.1, -0.05) is 25.1 Å². The number of rotatable bonds is 4. The fraction of sp³-hybridized carbons (Fsp3) is 0.400. The number of aromatic nitrogens is 2. The van der Waals surface area contributed by atoms with Gasteiger partial charge in [0, 0.05) is 12.2 Å². The number of hydrogen-bond donors (Lipinski definition) is 1. The first kappa shape index (κ1) is 12.8. The van der Waals surface area contributed by atoms with Crippen LogP contribution >= 0.6 is 0 Å². The van der Waals surface area contributed by atoms with Gasteiger partial charge in [0.25, 0.3) is 0 Å². The molecule has 0 unspecified atom stereocenters. The first-order valence-electron chi connectivity index (χ1n) is 6.47. The van der Waals surface area contributed by atoms with Gasteiger partial charge in [-0.15, -0.1) is 0 Å². The maximum atomic E-state index is 4.64. The van der Waals surface area contributed by atoms with E-state index in [1.165, 1.54) is 22.5 Å². The second kappa shape index (κ2) is 5.36. The Morgan fingerprint density at radius 3 is 2.50 bits per heavy atom. The molecule has 0 saturated heterocycles. The van der Waals surface area contributed by atoms with Gasteiger partial charge < -0.3 is 5.32 Å². The molecule has 0 saturated carbocycles. The van der Waals surface area contributed by atoms with E-state index in [9.17, 15) is 0 Å². The molecular formula is C15H21N3. The lowest BCUT2D eigenvalue weighted by atomic mass is 10.1. The molecule has 0 aliphatic rings. The minimum absolute atomic E-state index is 0.879. The van der Waals surface area contributed by atoms with Crippen molar-refractivity contribution < 1.29 is 0 Å². The number of aryl methyl sites for hydroxylation is 1. The smallest absolute Gasteiger partial charge is 0.0693 e. The maximum absolute atomic E-state index is 4.64. The lowest BCUT2D eigenvalue weighted by molar-refractivity contribution is 0.713. The largest absolute Gasteiger partial charge is 0.313 e. The van der Waals surface area contributed by atoms with Crippen molar-refractivity contribution in [2.45, 2.75) is 34.2 Å². The van der Waals surface area contributed by atoms with Crippen molar-refractivity contribution in [1.82, 2.24) is 15.1 Å². The van der Waals surface area contributed by atoms with Crippen molar-refractivity contribution in [1.29, 1.82) is 0 Å². The van der Waals surface area contributed by atoms with E-state index in [1.807, 2.05) is 0 Å². The normalized spacial score (nSPS) is 10.9. The van der Waals surface area contributed by atoms with E-state index in [4.69, 9.17) is 0 Å². The monoisotopic (exact) mass is 243 g/mol. The Kier molecular flexibility index (Phi) is 3.82. The van der Waals surface area contributed by atoms with Crippen LogP contribution in [-0.4, -0.2) is 16.3 Å². The predicted octanol–water partition coefficient (Wildman–Crippen LogP) is 2.91. The molecule has 1 aromatic carbocycles. The van der Waals surface area contributed by atoms with Gasteiger partial charge in [-0.2, -0.15) is 5.10 Å². The summed E-state index contributed by atoms with van der Waals surface area (Å²) in [4.78, 5) is 0. The number of nitrogens with one attached hydrogen (secondary N) is 1. The summed E-state index contributed by atoms with van der Waals surface area (Å²) in [7, 11) is 0. The van der Waals surface area contributed by atoms with Gasteiger partial charge in [-0.25, -0.2) is 4.68 Å². The average Bonchev–Trinajstić information content (AvgIpc) is 2.64. The Morgan fingerprint density at radius 2 is 1.89 bits per heavy atom. The summed E-state index contributed by atoms with van der Waals surface area (Å²) >= 11 is 0. The first-order valence-corrected chi connectivity index (χ1v) is 6.47. The summed E-state index contributed by atoms with van der Waals surface area (Å²) in [5.74, 6) is 0. The van der Waals surface area contributed by atoms with E-state index in [0.717, 1.165) is 18.8 Å². The number of para-hydroxylation sites is 1. The summed E-state index contributed by atoms with van der Waals surface area (Å²) < 4.78 is 2.05. The number of hydrogen-bond acceptors (Lipinski definition) is 2. The van der Waals surface area contributed by atoms with Gasteiger partial charge in [0.2, 0.25) is 0 Å². The molecule has 1 heterocycles. The Hall–Kier alpha value is -1.61. The van der Waals surface area contributed by atoms with Crippen LogP contribution in [0.5, 0.6) is 0 Å². The van der Waals surface area contributed by atoms with Gasteiger partial charge in [-0.3, -0.25) is 0 Å². The van der Waals surface area contributed by atoms with E-state index in [1.54, 1.807) is 0 Å². The van der Waals surface area contributed by atoms with Gasteiger partial charge in [0.15, 0.2) is 0 Å². The molecule has 0 aliphatic heterocycles. The van der Waals surface area contributed by atoms with Crippen LogP contribution in [0.2, 0.25) is 0 Å². The second-order valence-corrected chi connectivity index (χ2v) is 4.62. The van der Waals surface area contributed by atoms with Crippen LogP contribution in [0.1, 0.15) is 29.4 Å². The van der Waals surface area contributed by atoms with E-state index in [0.29, 0.717) is 0 Å².